The van der Waals surface area contributed by atoms with Crippen molar-refractivity contribution in [3.8, 4) is 17.2 Å². The average Bonchev–Trinajstić information content (AvgIpc) is 3.30. The highest BCUT2D eigenvalue weighted by Crippen LogP contribution is 2.37. The second kappa shape index (κ2) is 8.83. The van der Waals surface area contributed by atoms with Crippen molar-refractivity contribution in [3.05, 3.63) is 71.1 Å². The highest BCUT2D eigenvalue weighted by molar-refractivity contribution is 5.53. The van der Waals surface area contributed by atoms with E-state index in [0.717, 1.165) is 42.2 Å². The molecule has 0 radical (unpaired) electrons. The number of hydrogen-bond donors (Lipinski definition) is 0. The van der Waals surface area contributed by atoms with Gasteiger partial charge in [-0.05, 0) is 88.1 Å². The Kier molecular flexibility index (Phi) is 6.00. The molecule has 0 aliphatic heterocycles. The smallest absolute Gasteiger partial charge is 0.226 e. The molecule has 1 aromatic heterocycles. The molecule has 29 heavy (non-hydrogen) atoms. The number of benzene rings is 2. The monoisotopic (exact) mass is 390 g/mol. The van der Waals surface area contributed by atoms with Gasteiger partial charge in [-0.1, -0.05) is 24.3 Å². The number of nitrogens with zero attached hydrogens (tertiary/aromatic N) is 2. The van der Waals surface area contributed by atoms with Gasteiger partial charge in [0, 0.05) is 12.0 Å². The fourth-order valence-electron chi connectivity index (χ4n) is 4.12. The van der Waals surface area contributed by atoms with Crippen LogP contribution in [-0.2, 0) is 12.8 Å². The molecule has 152 valence electrons. The molecule has 1 atom stereocenters. The first-order valence-corrected chi connectivity index (χ1v) is 10.5. The Hall–Kier alpha value is -2.59. The van der Waals surface area contributed by atoms with Gasteiger partial charge in [-0.2, -0.15) is 0 Å². The molecule has 3 aromatic rings. The van der Waals surface area contributed by atoms with E-state index in [0.29, 0.717) is 18.4 Å². The van der Waals surface area contributed by atoms with Crippen LogP contribution in [0.5, 0.6) is 5.75 Å². The van der Waals surface area contributed by atoms with Crippen molar-refractivity contribution in [1.82, 2.24) is 9.88 Å². The number of ether oxygens (including phenoxy) is 1. The van der Waals surface area contributed by atoms with E-state index >= 15 is 0 Å². The van der Waals surface area contributed by atoms with Crippen molar-refractivity contribution >= 4 is 0 Å². The summed E-state index contributed by atoms with van der Waals surface area (Å²) in [5, 5.41) is 0. The maximum absolute atomic E-state index is 6.05. The first kappa shape index (κ1) is 19.7. The van der Waals surface area contributed by atoms with E-state index in [9.17, 15) is 0 Å². The number of aryl methyl sites for hydroxylation is 2. The summed E-state index contributed by atoms with van der Waals surface area (Å²) in [5.41, 5.74) is 4.94. The van der Waals surface area contributed by atoms with Gasteiger partial charge in [-0.15, -0.1) is 0 Å². The lowest BCUT2D eigenvalue weighted by Crippen LogP contribution is -2.15. The van der Waals surface area contributed by atoms with E-state index in [4.69, 9.17) is 9.15 Å². The molecule has 4 rings (SSSR count). The lowest BCUT2D eigenvalue weighted by atomic mass is 9.97. The number of oxazole rings is 1. The maximum atomic E-state index is 6.05. The van der Waals surface area contributed by atoms with Crippen molar-refractivity contribution < 1.29 is 9.15 Å². The molecule has 4 nitrogen and oxygen atoms in total. The number of aromatic nitrogens is 1. The Labute approximate surface area is 173 Å². The quantitative estimate of drug-likeness (QED) is 0.526. The highest BCUT2D eigenvalue weighted by Gasteiger charge is 2.22. The van der Waals surface area contributed by atoms with Crippen LogP contribution in [0.4, 0.5) is 0 Å². The van der Waals surface area contributed by atoms with Crippen LogP contribution in [0.25, 0.3) is 11.5 Å². The van der Waals surface area contributed by atoms with Gasteiger partial charge < -0.3 is 14.1 Å². The summed E-state index contributed by atoms with van der Waals surface area (Å²) in [6.07, 6.45) is 4.39. The zero-order chi connectivity index (χ0) is 20.2. The van der Waals surface area contributed by atoms with Crippen molar-refractivity contribution in [2.24, 2.45) is 0 Å². The normalized spacial score (nSPS) is 15.7. The lowest BCUT2D eigenvalue weighted by Gasteiger charge is -2.15. The molecule has 0 saturated heterocycles. The van der Waals surface area contributed by atoms with E-state index in [1.54, 1.807) is 0 Å². The van der Waals surface area contributed by atoms with Gasteiger partial charge in [0.1, 0.15) is 11.5 Å². The molecule has 1 aliphatic carbocycles. The number of fused-ring (bicyclic) bond motifs is 1. The molecule has 0 N–H and O–H groups in total. The molecule has 0 bridgehead atoms. The summed E-state index contributed by atoms with van der Waals surface area (Å²) in [6.45, 7) is 3.72. The third kappa shape index (κ3) is 4.70. The minimum atomic E-state index is 0.602. The molecular weight excluding hydrogens is 360 g/mol. The Bertz CT molecular complexity index is 947. The minimum Gasteiger partial charge on any atom is -0.493 e. The third-order valence-corrected chi connectivity index (χ3v) is 5.76. The maximum Gasteiger partial charge on any atom is 0.226 e. The van der Waals surface area contributed by atoms with Gasteiger partial charge in [0.05, 0.1) is 12.3 Å². The van der Waals surface area contributed by atoms with Gasteiger partial charge in [0.15, 0.2) is 0 Å². The standard InChI is InChI=1S/C25H30N2O2/c1-18-24(26-25(29-18)20-7-5-4-6-8-20)14-16-28-22-11-12-23-19(13-15-27(2)3)9-10-21(23)17-22/h4-8,11-12,17,19H,9-10,13-16H2,1-3H3/t19-/m0/s1. The van der Waals surface area contributed by atoms with Crippen LogP contribution in [0.3, 0.4) is 0 Å². The molecule has 4 heteroatoms. The first-order valence-electron chi connectivity index (χ1n) is 10.5. The molecule has 0 unspecified atom stereocenters. The van der Waals surface area contributed by atoms with Crippen LogP contribution in [0.1, 0.15) is 41.3 Å². The number of hydrogen-bond acceptors (Lipinski definition) is 4. The molecule has 1 heterocycles. The molecule has 0 saturated carbocycles. The van der Waals surface area contributed by atoms with E-state index in [1.165, 1.54) is 24.0 Å². The van der Waals surface area contributed by atoms with Crippen molar-refractivity contribution in [2.45, 2.75) is 38.5 Å². The summed E-state index contributed by atoms with van der Waals surface area (Å²) in [5.74, 6) is 3.20. The lowest BCUT2D eigenvalue weighted by molar-refractivity contribution is 0.319. The van der Waals surface area contributed by atoms with Crippen LogP contribution in [-0.4, -0.2) is 37.1 Å². The summed E-state index contributed by atoms with van der Waals surface area (Å²) in [4.78, 5) is 6.93. The fraction of sp³-hybridized carbons (Fsp3) is 0.400. The topological polar surface area (TPSA) is 38.5 Å². The predicted octanol–water partition coefficient (Wildman–Crippen LogP) is 5.25. The molecule has 0 spiro atoms. The second-order valence-corrected chi connectivity index (χ2v) is 8.17. The van der Waals surface area contributed by atoms with E-state index < -0.39 is 0 Å². The van der Waals surface area contributed by atoms with Crippen molar-refractivity contribution in [2.75, 3.05) is 27.2 Å². The largest absolute Gasteiger partial charge is 0.493 e. The van der Waals surface area contributed by atoms with Crippen LogP contribution < -0.4 is 4.74 Å². The molecule has 1 aliphatic rings. The van der Waals surface area contributed by atoms with Gasteiger partial charge in [-0.3, -0.25) is 0 Å². The molecule has 0 fully saturated rings. The van der Waals surface area contributed by atoms with Gasteiger partial charge in [0.2, 0.25) is 5.89 Å². The van der Waals surface area contributed by atoms with Crippen LogP contribution in [0, 0.1) is 6.92 Å². The Balaban J connectivity index is 1.34. The van der Waals surface area contributed by atoms with Crippen LogP contribution >= 0.6 is 0 Å². The van der Waals surface area contributed by atoms with Gasteiger partial charge in [0.25, 0.3) is 0 Å². The molecular formula is C25H30N2O2. The highest BCUT2D eigenvalue weighted by atomic mass is 16.5. The molecule has 0 amide bonds. The van der Waals surface area contributed by atoms with E-state index in [2.05, 4.69) is 42.2 Å². The van der Waals surface area contributed by atoms with Crippen LogP contribution in [0.2, 0.25) is 0 Å². The van der Waals surface area contributed by atoms with Crippen molar-refractivity contribution in [1.29, 1.82) is 0 Å². The SMILES string of the molecule is Cc1oc(-c2ccccc2)nc1CCOc1ccc2c(c1)CC[C@H]2CCN(C)C. The minimum absolute atomic E-state index is 0.602. The van der Waals surface area contributed by atoms with Gasteiger partial charge in [-0.25, -0.2) is 4.98 Å². The average molecular weight is 391 g/mol. The zero-order valence-corrected chi connectivity index (χ0v) is 17.6. The number of rotatable bonds is 8. The van der Waals surface area contributed by atoms with E-state index in [1.807, 2.05) is 37.3 Å². The second-order valence-electron chi connectivity index (χ2n) is 8.17. The van der Waals surface area contributed by atoms with Gasteiger partial charge >= 0.3 is 0 Å². The molecule has 2 aromatic carbocycles. The van der Waals surface area contributed by atoms with Crippen molar-refractivity contribution in [3.63, 3.8) is 0 Å². The summed E-state index contributed by atoms with van der Waals surface area (Å²) in [6, 6.07) is 16.6. The predicted molar refractivity (Wildman–Crippen MR) is 117 cm³/mol. The Morgan fingerprint density at radius 1 is 1.14 bits per heavy atom. The van der Waals surface area contributed by atoms with E-state index in [-0.39, 0.29) is 0 Å². The Morgan fingerprint density at radius 3 is 2.76 bits per heavy atom. The summed E-state index contributed by atoms with van der Waals surface area (Å²) in [7, 11) is 4.29. The zero-order valence-electron chi connectivity index (χ0n) is 17.6. The summed E-state index contributed by atoms with van der Waals surface area (Å²) < 4.78 is 11.9. The summed E-state index contributed by atoms with van der Waals surface area (Å²) >= 11 is 0. The fourth-order valence-corrected chi connectivity index (χ4v) is 4.12. The Morgan fingerprint density at radius 2 is 1.97 bits per heavy atom. The van der Waals surface area contributed by atoms with Crippen LogP contribution in [0.15, 0.2) is 52.9 Å². The third-order valence-electron chi connectivity index (χ3n) is 5.76. The first-order chi connectivity index (χ1) is 14.1.